The van der Waals surface area contributed by atoms with Crippen LogP contribution in [-0.2, 0) is 27.7 Å². The Morgan fingerprint density at radius 1 is 1.06 bits per heavy atom. The van der Waals surface area contributed by atoms with Gasteiger partial charge in [-0.25, -0.2) is 4.98 Å². The fraction of sp³-hybridized carbons (Fsp3) is 0.464. The maximum absolute atomic E-state index is 11.1. The Morgan fingerprint density at radius 2 is 1.70 bits per heavy atom. The van der Waals surface area contributed by atoms with E-state index in [0.717, 1.165) is 35.2 Å². The van der Waals surface area contributed by atoms with Crippen molar-refractivity contribution in [1.29, 1.82) is 0 Å². The van der Waals surface area contributed by atoms with Crippen LogP contribution in [0.2, 0.25) is 0 Å². The van der Waals surface area contributed by atoms with Crippen molar-refractivity contribution in [2.24, 2.45) is 0 Å². The number of nitrogens with one attached hydrogen (secondary N) is 1. The van der Waals surface area contributed by atoms with Crippen molar-refractivity contribution in [1.82, 2.24) is 10.3 Å². The van der Waals surface area contributed by atoms with E-state index in [-0.39, 0.29) is 10.8 Å². The highest BCUT2D eigenvalue weighted by Gasteiger charge is 2.42. The minimum Gasteiger partial charge on any atom is -0.507 e. The number of phenolic OH excluding ortho intramolecular Hbond substituents is 1. The van der Waals surface area contributed by atoms with Crippen molar-refractivity contribution in [2.75, 3.05) is 13.2 Å². The van der Waals surface area contributed by atoms with E-state index in [2.05, 4.69) is 65.1 Å². The van der Waals surface area contributed by atoms with Gasteiger partial charge in [-0.15, -0.1) is 0 Å². The van der Waals surface area contributed by atoms with Crippen molar-refractivity contribution < 1.29 is 14.3 Å². The van der Waals surface area contributed by atoms with Crippen LogP contribution < -0.4 is 5.32 Å². The molecule has 0 aliphatic carbocycles. The predicted molar refractivity (Wildman–Crippen MR) is 132 cm³/mol. The summed E-state index contributed by atoms with van der Waals surface area (Å²) in [5, 5.41) is 14.6. The molecule has 5 heteroatoms. The summed E-state index contributed by atoms with van der Waals surface area (Å²) >= 11 is 0. The molecule has 1 atom stereocenters. The van der Waals surface area contributed by atoms with Gasteiger partial charge < -0.3 is 14.3 Å². The molecular formula is C28H36N2O3. The third kappa shape index (κ3) is 4.20. The van der Waals surface area contributed by atoms with Crippen LogP contribution >= 0.6 is 0 Å². The molecule has 0 fully saturated rings. The number of fused-ring (bicyclic) bond motifs is 1. The zero-order valence-electron chi connectivity index (χ0n) is 20.9. The van der Waals surface area contributed by atoms with Crippen molar-refractivity contribution >= 4 is 0 Å². The zero-order chi connectivity index (χ0) is 24.0. The van der Waals surface area contributed by atoms with E-state index in [1.165, 1.54) is 5.56 Å². The average Bonchev–Trinajstić information content (AvgIpc) is 3.23. The Bertz CT molecular complexity index is 1120. The van der Waals surface area contributed by atoms with Crippen molar-refractivity contribution in [2.45, 2.75) is 71.4 Å². The third-order valence-corrected chi connectivity index (χ3v) is 6.36. The van der Waals surface area contributed by atoms with E-state index >= 15 is 0 Å². The Balaban J connectivity index is 1.87. The molecule has 0 spiro atoms. The lowest BCUT2D eigenvalue weighted by atomic mass is 9.78. The van der Waals surface area contributed by atoms with Crippen LogP contribution in [0.5, 0.6) is 5.75 Å². The summed E-state index contributed by atoms with van der Waals surface area (Å²) in [5.41, 5.74) is 4.34. The van der Waals surface area contributed by atoms with Gasteiger partial charge >= 0.3 is 0 Å². The highest BCUT2D eigenvalue weighted by Crippen LogP contribution is 2.43. The molecule has 1 aliphatic rings. The topological polar surface area (TPSA) is 67.5 Å². The van der Waals surface area contributed by atoms with Gasteiger partial charge in [0.05, 0.1) is 0 Å². The lowest BCUT2D eigenvalue weighted by Crippen LogP contribution is -2.50. The summed E-state index contributed by atoms with van der Waals surface area (Å²) in [6, 6.07) is 12.3. The number of nitrogens with zero attached hydrogens (tertiary/aromatic N) is 1. The SMILES string of the molecule is CCOC1(c2coc(-c3cc(C(C)(C)C)c(O)c(C(C)(C)C)c3)n2)NCCc2ccccc21. The monoisotopic (exact) mass is 448 g/mol. The van der Waals surface area contributed by atoms with Crippen LogP contribution in [0.4, 0.5) is 0 Å². The molecule has 2 aromatic carbocycles. The molecule has 5 nitrogen and oxygen atoms in total. The summed E-state index contributed by atoms with van der Waals surface area (Å²) in [7, 11) is 0. The van der Waals surface area contributed by atoms with Gasteiger partial charge in [-0.1, -0.05) is 65.8 Å². The van der Waals surface area contributed by atoms with Gasteiger partial charge in [0, 0.05) is 35.4 Å². The summed E-state index contributed by atoms with van der Waals surface area (Å²) in [6.07, 6.45) is 2.64. The average molecular weight is 449 g/mol. The Hall–Kier alpha value is -2.63. The van der Waals surface area contributed by atoms with Crippen molar-refractivity contribution in [3.8, 4) is 17.2 Å². The minimum atomic E-state index is -0.845. The molecule has 2 heterocycles. The van der Waals surface area contributed by atoms with E-state index in [1.54, 1.807) is 6.26 Å². The second-order valence-corrected chi connectivity index (χ2v) is 10.9. The molecular weight excluding hydrogens is 412 g/mol. The van der Waals surface area contributed by atoms with E-state index < -0.39 is 5.72 Å². The normalized spacial score (nSPS) is 18.9. The molecule has 33 heavy (non-hydrogen) atoms. The van der Waals surface area contributed by atoms with Gasteiger partial charge in [0.2, 0.25) is 5.89 Å². The third-order valence-electron chi connectivity index (χ3n) is 6.36. The molecule has 1 aromatic heterocycles. The number of aromatic nitrogens is 1. The van der Waals surface area contributed by atoms with Gasteiger partial charge in [-0.05, 0) is 41.9 Å². The quantitative estimate of drug-likeness (QED) is 0.510. The number of aromatic hydroxyl groups is 1. The van der Waals surface area contributed by atoms with E-state index in [0.29, 0.717) is 23.9 Å². The molecule has 0 bridgehead atoms. The molecule has 0 radical (unpaired) electrons. The minimum absolute atomic E-state index is 0.230. The number of hydrogen-bond donors (Lipinski definition) is 2. The molecule has 1 unspecified atom stereocenters. The highest BCUT2D eigenvalue weighted by atomic mass is 16.5. The fourth-order valence-corrected chi connectivity index (χ4v) is 4.67. The molecule has 1 aliphatic heterocycles. The molecule has 3 aromatic rings. The van der Waals surface area contributed by atoms with Crippen molar-refractivity contribution in [3.63, 3.8) is 0 Å². The van der Waals surface area contributed by atoms with Crippen LogP contribution in [-0.4, -0.2) is 23.2 Å². The lowest BCUT2D eigenvalue weighted by molar-refractivity contribution is -0.0456. The maximum atomic E-state index is 11.1. The van der Waals surface area contributed by atoms with Gasteiger partial charge in [-0.2, -0.15) is 0 Å². The molecule has 0 saturated heterocycles. The molecule has 2 N–H and O–H groups in total. The Labute approximate surface area is 197 Å². The first-order valence-corrected chi connectivity index (χ1v) is 11.8. The summed E-state index contributed by atoms with van der Waals surface area (Å²) < 4.78 is 12.4. The van der Waals surface area contributed by atoms with Gasteiger partial charge in [0.25, 0.3) is 0 Å². The fourth-order valence-electron chi connectivity index (χ4n) is 4.67. The maximum Gasteiger partial charge on any atom is 0.226 e. The number of ether oxygens (including phenoxy) is 1. The second-order valence-electron chi connectivity index (χ2n) is 10.9. The second kappa shape index (κ2) is 8.30. The molecule has 0 saturated carbocycles. The van der Waals surface area contributed by atoms with Crippen LogP contribution in [0.1, 0.15) is 76.4 Å². The van der Waals surface area contributed by atoms with E-state index in [9.17, 15) is 5.11 Å². The molecule has 4 rings (SSSR count). The summed E-state index contributed by atoms with van der Waals surface area (Å²) in [4.78, 5) is 4.93. The first kappa shape index (κ1) is 23.5. The zero-order valence-corrected chi connectivity index (χ0v) is 20.9. The largest absolute Gasteiger partial charge is 0.507 e. The van der Waals surface area contributed by atoms with Crippen LogP contribution in [0.25, 0.3) is 11.5 Å². The Morgan fingerprint density at radius 3 is 2.30 bits per heavy atom. The number of hydrogen-bond acceptors (Lipinski definition) is 5. The number of rotatable bonds is 4. The van der Waals surface area contributed by atoms with Crippen molar-refractivity contribution in [3.05, 3.63) is 70.6 Å². The van der Waals surface area contributed by atoms with E-state index in [4.69, 9.17) is 14.1 Å². The molecule has 176 valence electrons. The number of oxazole rings is 1. The molecule has 0 amide bonds. The van der Waals surface area contributed by atoms with Gasteiger partial charge in [0.1, 0.15) is 17.7 Å². The Kier molecular flexibility index (Phi) is 5.92. The highest BCUT2D eigenvalue weighted by molar-refractivity contribution is 5.63. The standard InChI is InChI=1S/C28H36N2O3/c1-8-33-28(20-12-10-9-11-18(20)13-14-29-28)23-17-32-25(30-23)19-15-21(26(2,3)4)24(31)22(16-19)27(5,6)7/h9-12,15-17,29,31H,8,13-14H2,1-7H3. The van der Waals surface area contributed by atoms with E-state index in [1.807, 2.05) is 25.1 Å². The summed E-state index contributed by atoms with van der Waals surface area (Å²) in [5.74, 6) is 0.865. The summed E-state index contributed by atoms with van der Waals surface area (Å²) in [6.45, 7) is 15.9. The van der Waals surface area contributed by atoms with Crippen LogP contribution in [0.15, 0.2) is 47.1 Å². The van der Waals surface area contributed by atoms with Gasteiger partial charge in [0.15, 0.2) is 5.72 Å². The number of benzene rings is 2. The lowest BCUT2D eigenvalue weighted by Gasteiger charge is -2.38. The first-order valence-electron chi connectivity index (χ1n) is 11.8. The van der Waals surface area contributed by atoms with Crippen LogP contribution in [0, 0.1) is 0 Å². The first-order chi connectivity index (χ1) is 15.5. The van der Waals surface area contributed by atoms with Gasteiger partial charge in [-0.3, -0.25) is 5.32 Å². The van der Waals surface area contributed by atoms with Crippen LogP contribution in [0.3, 0.4) is 0 Å². The number of phenols is 1. The predicted octanol–water partition coefficient (Wildman–Crippen LogP) is 6.03. The smallest absolute Gasteiger partial charge is 0.226 e.